The number of non-ortho nitro benzene ring substituents is 1. The number of rotatable bonds is 7. The van der Waals surface area contributed by atoms with E-state index in [2.05, 4.69) is 10.3 Å². The van der Waals surface area contributed by atoms with Crippen LogP contribution < -0.4 is 5.32 Å². The van der Waals surface area contributed by atoms with Crippen molar-refractivity contribution in [2.75, 3.05) is 31.7 Å². The molecule has 0 fully saturated rings. The van der Waals surface area contributed by atoms with Crippen molar-refractivity contribution in [3.05, 3.63) is 40.6 Å². The Morgan fingerprint density at radius 2 is 2.20 bits per heavy atom. The number of pyridine rings is 1. The summed E-state index contributed by atoms with van der Waals surface area (Å²) in [7, 11) is 0. The third kappa shape index (κ3) is 3.19. The van der Waals surface area contributed by atoms with Gasteiger partial charge in [-0.25, -0.2) is 4.98 Å². The number of nitrogens with zero attached hydrogens (tertiary/aromatic N) is 2. The number of aliphatic hydroxyl groups is 1. The molecule has 20 heavy (non-hydrogen) atoms. The number of aromatic nitrogens is 1. The summed E-state index contributed by atoms with van der Waals surface area (Å²) in [6, 6.07) is 6.61. The third-order valence-electron chi connectivity index (χ3n) is 2.74. The maximum absolute atomic E-state index is 11.0. The van der Waals surface area contributed by atoms with E-state index in [9.17, 15) is 10.1 Å². The Morgan fingerprint density at radius 1 is 1.35 bits per heavy atom. The van der Waals surface area contributed by atoms with Crippen LogP contribution in [0.3, 0.4) is 0 Å². The second kappa shape index (κ2) is 6.78. The second-order valence-corrected chi connectivity index (χ2v) is 4.05. The molecule has 0 aliphatic carbocycles. The number of hydrogen-bond acceptors (Lipinski definition) is 6. The molecular weight excluding hydrogens is 262 g/mol. The molecule has 0 saturated carbocycles. The number of nitrogens with one attached hydrogen (secondary N) is 1. The summed E-state index contributed by atoms with van der Waals surface area (Å²) >= 11 is 0. The van der Waals surface area contributed by atoms with E-state index in [4.69, 9.17) is 9.84 Å². The zero-order valence-electron chi connectivity index (χ0n) is 10.8. The maximum Gasteiger partial charge on any atom is 0.295 e. The van der Waals surface area contributed by atoms with E-state index < -0.39 is 4.92 Å². The van der Waals surface area contributed by atoms with Gasteiger partial charge in [-0.3, -0.25) is 10.1 Å². The van der Waals surface area contributed by atoms with Crippen molar-refractivity contribution in [3.63, 3.8) is 0 Å². The van der Waals surface area contributed by atoms with Crippen molar-refractivity contribution >= 4 is 22.3 Å². The van der Waals surface area contributed by atoms with Gasteiger partial charge in [0.15, 0.2) is 0 Å². The van der Waals surface area contributed by atoms with Crippen molar-refractivity contribution in [1.82, 2.24) is 4.98 Å². The summed E-state index contributed by atoms with van der Waals surface area (Å²) in [4.78, 5) is 14.6. The molecule has 0 saturated heterocycles. The second-order valence-electron chi connectivity index (χ2n) is 4.05. The number of anilines is 1. The van der Waals surface area contributed by atoms with Gasteiger partial charge < -0.3 is 15.2 Å². The van der Waals surface area contributed by atoms with E-state index >= 15 is 0 Å². The van der Waals surface area contributed by atoms with Gasteiger partial charge in [0.2, 0.25) is 0 Å². The van der Waals surface area contributed by atoms with Crippen LogP contribution in [0.4, 0.5) is 11.4 Å². The Hall–Kier alpha value is -2.25. The third-order valence-corrected chi connectivity index (χ3v) is 2.74. The van der Waals surface area contributed by atoms with Crippen LogP contribution in [0, 0.1) is 10.1 Å². The monoisotopic (exact) mass is 277 g/mol. The van der Waals surface area contributed by atoms with Crippen molar-refractivity contribution < 1.29 is 14.8 Å². The predicted molar refractivity (Wildman–Crippen MR) is 74.8 cm³/mol. The van der Waals surface area contributed by atoms with Crippen molar-refractivity contribution in [2.24, 2.45) is 0 Å². The SMILES string of the molecule is O=[N+]([O-])c1cccc2c(NCCOCCO)ccnc12. The summed E-state index contributed by atoms with van der Waals surface area (Å²) in [5.41, 5.74) is 1.12. The van der Waals surface area contributed by atoms with E-state index in [1.165, 1.54) is 12.3 Å². The first-order chi connectivity index (χ1) is 9.74. The Bertz CT molecular complexity index is 603. The van der Waals surface area contributed by atoms with E-state index in [0.29, 0.717) is 30.7 Å². The molecule has 1 aromatic heterocycles. The molecule has 0 aliphatic heterocycles. The summed E-state index contributed by atoms with van der Waals surface area (Å²) in [6.45, 7) is 1.27. The molecule has 2 N–H and O–H groups in total. The minimum absolute atomic E-state index is 0.00954. The minimum Gasteiger partial charge on any atom is -0.394 e. The average molecular weight is 277 g/mol. The first kappa shape index (κ1) is 14.2. The zero-order valence-corrected chi connectivity index (χ0v) is 10.8. The minimum atomic E-state index is -0.441. The lowest BCUT2D eigenvalue weighted by Gasteiger charge is -2.09. The van der Waals surface area contributed by atoms with Gasteiger partial charge in [-0.2, -0.15) is 0 Å². The molecule has 106 valence electrons. The van der Waals surface area contributed by atoms with Crippen LogP contribution in [-0.2, 0) is 4.74 Å². The standard InChI is InChI=1S/C13H15N3O4/c17-7-9-20-8-6-14-11-4-5-15-13-10(11)2-1-3-12(13)16(18)19/h1-5,17H,6-9H2,(H,14,15). The Balaban J connectivity index is 2.18. The zero-order chi connectivity index (χ0) is 14.4. The molecule has 0 unspecified atom stereocenters. The predicted octanol–water partition coefficient (Wildman–Crippen LogP) is 1.56. The molecule has 1 aromatic carbocycles. The first-order valence-corrected chi connectivity index (χ1v) is 6.18. The van der Waals surface area contributed by atoms with Gasteiger partial charge in [-0.15, -0.1) is 0 Å². The summed E-state index contributed by atoms with van der Waals surface area (Å²) < 4.78 is 5.14. The molecule has 2 rings (SSSR count). The molecular formula is C13H15N3O4. The lowest BCUT2D eigenvalue weighted by Crippen LogP contribution is -2.11. The van der Waals surface area contributed by atoms with Gasteiger partial charge in [0.1, 0.15) is 5.52 Å². The van der Waals surface area contributed by atoms with Crippen molar-refractivity contribution in [1.29, 1.82) is 0 Å². The first-order valence-electron chi connectivity index (χ1n) is 6.18. The molecule has 0 spiro atoms. The van der Waals surface area contributed by atoms with Crippen molar-refractivity contribution in [2.45, 2.75) is 0 Å². The van der Waals surface area contributed by atoms with Crippen LogP contribution in [0.15, 0.2) is 30.5 Å². The number of nitro groups is 1. The molecule has 0 bridgehead atoms. The normalized spacial score (nSPS) is 10.7. The van der Waals surface area contributed by atoms with Gasteiger partial charge in [-0.05, 0) is 6.07 Å². The average Bonchev–Trinajstić information content (AvgIpc) is 2.46. The van der Waals surface area contributed by atoms with Crippen LogP contribution in [0.25, 0.3) is 10.9 Å². The van der Waals surface area contributed by atoms with Crippen LogP contribution in [-0.4, -0.2) is 41.4 Å². The number of hydrogen-bond donors (Lipinski definition) is 2. The van der Waals surface area contributed by atoms with Gasteiger partial charge in [-0.1, -0.05) is 12.1 Å². The smallest absolute Gasteiger partial charge is 0.295 e. The number of ether oxygens (including phenoxy) is 1. The molecule has 1 heterocycles. The van der Waals surface area contributed by atoms with Crippen LogP contribution in [0.2, 0.25) is 0 Å². The van der Waals surface area contributed by atoms with E-state index in [1.54, 1.807) is 18.2 Å². The van der Waals surface area contributed by atoms with E-state index in [1.807, 2.05) is 0 Å². The van der Waals surface area contributed by atoms with Gasteiger partial charge in [0, 0.05) is 29.9 Å². The molecule has 0 aliphatic rings. The number of nitro benzene ring substituents is 1. The van der Waals surface area contributed by atoms with E-state index in [-0.39, 0.29) is 12.3 Å². The topological polar surface area (TPSA) is 97.5 Å². The number of aliphatic hydroxyl groups excluding tert-OH is 1. The van der Waals surface area contributed by atoms with Gasteiger partial charge in [0.05, 0.1) is 24.7 Å². The maximum atomic E-state index is 11.0. The number of fused-ring (bicyclic) bond motifs is 1. The number of para-hydroxylation sites is 1. The highest BCUT2D eigenvalue weighted by atomic mass is 16.6. The highest BCUT2D eigenvalue weighted by molar-refractivity contribution is 5.96. The van der Waals surface area contributed by atoms with Crippen LogP contribution in [0.5, 0.6) is 0 Å². The highest BCUT2D eigenvalue weighted by Gasteiger charge is 2.13. The fourth-order valence-corrected chi connectivity index (χ4v) is 1.89. The highest BCUT2D eigenvalue weighted by Crippen LogP contribution is 2.28. The quantitative estimate of drug-likeness (QED) is 0.453. The summed E-state index contributed by atoms with van der Waals surface area (Å²) in [5, 5.41) is 23.4. The van der Waals surface area contributed by atoms with Crippen LogP contribution in [0.1, 0.15) is 0 Å². The fraction of sp³-hybridized carbons (Fsp3) is 0.308. The largest absolute Gasteiger partial charge is 0.394 e. The lowest BCUT2D eigenvalue weighted by atomic mass is 10.1. The molecule has 0 radical (unpaired) electrons. The summed E-state index contributed by atoms with van der Waals surface area (Å²) in [5.74, 6) is 0. The Morgan fingerprint density at radius 3 is 2.95 bits per heavy atom. The lowest BCUT2D eigenvalue weighted by molar-refractivity contribution is -0.383. The van der Waals surface area contributed by atoms with Crippen molar-refractivity contribution in [3.8, 4) is 0 Å². The molecule has 0 amide bonds. The van der Waals surface area contributed by atoms with E-state index in [0.717, 1.165) is 5.69 Å². The number of benzene rings is 1. The molecule has 2 aromatic rings. The van der Waals surface area contributed by atoms with Crippen LogP contribution >= 0.6 is 0 Å². The fourth-order valence-electron chi connectivity index (χ4n) is 1.89. The molecule has 0 atom stereocenters. The Kier molecular flexibility index (Phi) is 4.80. The van der Waals surface area contributed by atoms with Gasteiger partial charge in [0.25, 0.3) is 5.69 Å². The molecule has 7 heteroatoms. The summed E-state index contributed by atoms with van der Waals surface area (Å²) in [6.07, 6.45) is 1.53. The van der Waals surface area contributed by atoms with Gasteiger partial charge >= 0.3 is 0 Å². The molecule has 7 nitrogen and oxygen atoms in total. The Labute approximate surface area is 115 Å².